The molecule has 15 heavy (non-hydrogen) atoms. The Kier molecular flexibility index (Phi) is 5.05. The zero-order valence-electron chi connectivity index (χ0n) is 9.74. The molecule has 1 aliphatic rings. The van der Waals surface area contributed by atoms with E-state index < -0.39 is 0 Å². The van der Waals surface area contributed by atoms with Crippen molar-refractivity contribution >= 4 is 5.91 Å². The molecule has 1 saturated heterocycles. The maximum atomic E-state index is 11.8. The Hall–Kier alpha value is -0.610. The van der Waals surface area contributed by atoms with Crippen LogP contribution in [0.3, 0.4) is 0 Å². The fourth-order valence-corrected chi connectivity index (χ4v) is 2.08. The average molecular weight is 214 g/mol. The maximum Gasteiger partial charge on any atom is 0.248 e. The lowest BCUT2D eigenvalue weighted by molar-refractivity contribution is -0.140. The summed E-state index contributed by atoms with van der Waals surface area (Å²) in [5.41, 5.74) is 5.69. The van der Waals surface area contributed by atoms with Gasteiger partial charge in [0.05, 0.1) is 0 Å². The third-order valence-corrected chi connectivity index (χ3v) is 3.00. The molecule has 4 nitrogen and oxygen atoms in total. The van der Waals surface area contributed by atoms with Crippen LogP contribution in [0, 0.1) is 5.92 Å². The van der Waals surface area contributed by atoms with Crippen LogP contribution in [0.2, 0.25) is 0 Å². The van der Waals surface area contributed by atoms with Crippen LogP contribution >= 0.6 is 0 Å². The lowest BCUT2D eigenvalue weighted by Gasteiger charge is -2.37. The molecule has 1 heterocycles. The molecule has 0 aromatic heterocycles. The summed E-state index contributed by atoms with van der Waals surface area (Å²) in [6, 6.07) is 0.210. The average Bonchev–Trinajstić information content (AvgIpc) is 2.25. The van der Waals surface area contributed by atoms with Crippen molar-refractivity contribution in [2.45, 2.75) is 32.7 Å². The van der Waals surface area contributed by atoms with Gasteiger partial charge in [-0.3, -0.25) is 4.79 Å². The van der Waals surface area contributed by atoms with Crippen molar-refractivity contribution in [3.8, 4) is 0 Å². The van der Waals surface area contributed by atoms with Gasteiger partial charge in [0.25, 0.3) is 0 Å². The highest BCUT2D eigenvalue weighted by molar-refractivity contribution is 5.77. The van der Waals surface area contributed by atoms with Crippen molar-refractivity contribution in [2.75, 3.05) is 26.3 Å². The monoisotopic (exact) mass is 214 g/mol. The molecule has 4 heteroatoms. The molecule has 1 rings (SSSR count). The van der Waals surface area contributed by atoms with Crippen molar-refractivity contribution in [1.29, 1.82) is 0 Å². The summed E-state index contributed by atoms with van der Waals surface area (Å²) in [6.45, 7) is 6.28. The molecule has 0 aliphatic carbocycles. The molecule has 2 unspecified atom stereocenters. The SMILES string of the molecule is CCOCC(=O)N1CCC(C)CC1CN. The Morgan fingerprint density at radius 2 is 2.33 bits per heavy atom. The van der Waals surface area contributed by atoms with Crippen LogP contribution in [0.25, 0.3) is 0 Å². The van der Waals surface area contributed by atoms with Crippen LogP contribution in [-0.2, 0) is 9.53 Å². The largest absolute Gasteiger partial charge is 0.372 e. The van der Waals surface area contributed by atoms with Gasteiger partial charge in [-0.2, -0.15) is 0 Å². The minimum Gasteiger partial charge on any atom is -0.372 e. The summed E-state index contributed by atoms with van der Waals surface area (Å²) >= 11 is 0. The van der Waals surface area contributed by atoms with E-state index in [2.05, 4.69) is 6.92 Å². The first kappa shape index (κ1) is 12.5. The second-order valence-electron chi connectivity index (χ2n) is 4.24. The van der Waals surface area contributed by atoms with Gasteiger partial charge in [-0.25, -0.2) is 0 Å². The summed E-state index contributed by atoms with van der Waals surface area (Å²) in [5.74, 6) is 0.758. The first-order valence-electron chi connectivity index (χ1n) is 5.76. The van der Waals surface area contributed by atoms with E-state index in [1.165, 1.54) is 0 Å². The molecule has 88 valence electrons. The molecule has 0 radical (unpaired) electrons. The highest BCUT2D eigenvalue weighted by atomic mass is 16.5. The smallest absolute Gasteiger partial charge is 0.248 e. The van der Waals surface area contributed by atoms with E-state index in [0.717, 1.165) is 19.4 Å². The molecule has 1 aliphatic heterocycles. The van der Waals surface area contributed by atoms with Crippen LogP contribution in [0.1, 0.15) is 26.7 Å². The Labute approximate surface area is 91.8 Å². The second-order valence-corrected chi connectivity index (χ2v) is 4.24. The van der Waals surface area contributed by atoms with Crippen molar-refractivity contribution in [3.63, 3.8) is 0 Å². The van der Waals surface area contributed by atoms with Crippen molar-refractivity contribution in [1.82, 2.24) is 4.90 Å². The summed E-state index contributed by atoms with van der Waals surface area (Å²) in [5, 5.41) is 0. The van der Waals surface area contributed by atoms with E-state index in [0.29, 0.717) is 19.1 Å². The van der Waals surface area contributed by atoms with Crippen LogP contribution in [0.15, 0.2) is 0 Å². The first-order chi connectivity index (χ1) is 7.19. The Morgan fingerprint density at radius 3 is 2.93 bits per heavy atom. The van der Waals surface area contributed by atoms with E-state index in [-0.39, 0.29) is 18.6 Å². The number of amides is 1. The predicted molar refractivity (Wildman–Crippen MR) is 59.4 cm³/mol. The van der Waals surface area contributed by atoms with Gasteiger partial charge < -0.3 is 15.4 Å². The summed E-state index contributed by atoms with van der Waals surface area (Å²) in [6.07, 6.45) is 2.10. The fraction of sp³-hybridized carbons (Fsp3) is 0.909. The van der Waals surface area contributed by atoms with Crippen LogP contribution in [0.5, 0.6) is 0 Å². The van der Waals surface area contributed by atoms with Crippen molar-refractivity contribution in [2.24, 2.45) is 11.7 Å². The number of carbonyl (C=O) groups excluding carboxylic acids is 1. The van der Waals surface area contributed by atoms with Crippen molar-refractivity contribution < 1.29 is 9.53 Å². The number of rotatable bonds is 4. The topological polar surface area (TPSA) is 55.6 Å². The van der Waals surface area contributed by atoms with E-state index in [4.69, 9.17) is 10.5 Å². The maximum absolute atomic E-state index is 11.8. The number of hydrogen-bond acceptors (Lipinski definition) is 3. The molecule has 2 atom stereocenters. The Bertz CT molecular complexity index is 209. The van der Waals surface area contributed by atoms with Gasteiger partial charge in [0, 0.05) is 25.7 Å². The zero-order valence-corrected chi connectivity index (χ0v) is 9.74. The number of ether oxygens (including phenoxy) is 1. The lowest BCUT2D eigenvalue weighted by Crippen LogP contribution is -2.50. The number of nitrogens with two attached hydrogens (primary N) is 1. The first-order valence-corrected chi connectivity index (χ1v) is 5.76. The van der Waals surface area contributed by atoms with Gasteiger partial charge in [-0.15, -0.1) is 0 Å². The summed E-state index contributed by atoms with van der Waals surface area (Å²) in [4.78, 5) is 13.7. The fourth-order valence-electron chi connectivity index (χ4n) is 2.08. The van der Waals surface area contributed by atoms with Crippen molar-refractivity contribution in [3.05, 3.63) is 0 Å². The molecule has 2 N–H and O–H groups in total. The minimum atomic E-state index is 0.0826. The normalized spacial score (nSPS) is 26.7. The number of likely N-dealkylation sites (tertiary alicyclic amines) is 1. The van der Waals surface area contributed by atoms with Gasteiger partial charge in [-0.05, 0) is 25.7 Å². The van der Waals surface area contributed by atoms with Crippen LogP contribution < -0.4 is 5.73 Å². The predicted octanol–water partition coefficient (Wildman–Crippen LogP) is 0.609. The minimum absolute atomic E-state index is 0.0826. The highest BCUT2D eigenvalue weighted by Gasteiger charge is 2.28. The lowest BCUT2D eigenvalue weighted by atomic mass is 9.92. The molecule has 0 spiro atoms. The molecule has 1 amide bonds. The van der Waals surface area contributed by atoms with Gasteiger partial charge in [0.2, 0.25) is 5.91 Å². The molecule has 0 aromatic rings. The third kappa shape index (κ3) is 3.47. The van der Waals surface area contributed by atoms with Gasteiger partial charge >= 0.3 is 0 Å². The molecular formula is C11H22N2O2. The highest BCUT2D eigenvalue weighted by Crippen LogP contribution is 2.21. The zero-order chi connectivity index (χ0) is 11.3. The molecule has 0 saturated carbocycles. The van der Waals surface area contributed by atoms with Gasteiger partial charge in [0.1, 0.15) is 6.61 Å². The molecule has 1 fully saturated rings. The van der Waals surface area contributed by atoms with E-state index in [9.17, 15) is 4.79 Å². The number of piperidine rings is 1. The van der Waals surface area contributed by atoms with Gasteiger partial charge in [-0.1, -0.05) is 6.92 Å². The Balaban J connectivity index is 2.47. The molecular weight excluding hydrogens is 192 g/mol. The van der Waals surface area contributed by atoms with E-state index >= 15 is 0 Å². The summed E-state index contributed by atoms with van der Waals surface area (Å²) in [7, 11) is 0. The summed E-state index contributed by atoms with van der Waals surface area (Å²) < 4.78 is 5.14. The standard InChI is InChI=1S/C11H22N2O2/c1-3-15-8-11(14)13-5-4-9(2)6-10(13)7-12/h9-10H,3-8,12H2,1-2H3. The number of hydrogen-bond donors (Lipinski definition) is 1. The molecule has 0 aromatic carbocycles. The Morgan fingerprint density at radius 1 is 1.60 bits per heavy atom. The third-order valence-electron chi connectivity index (χ3n) is 3.00. The van der Waals surface area contributed by atoms with Crippen LogP contribution in [-0.4, -0.2) is 43.2 Å². The number of nitrogens with zero attached hydrogens (tertiary/aromatic N) is 1. The van der Waals surface area contributed by atoms with E-state index in [1.807, 2.05) is 11.8 Å². The molecule has 0 bridgehead atoms. The quantitative estimate of drug-likeness (QED) is 0.746. The van der Waals surface area contributed by atoms with Crippen LogP contribution in [0.4, 0.5) is 0 Å². The van der Waals surface area contributed by atoms with Gasteiger partial charge in [0.15, 0.2) is 0 Å². The number of carbonyl (C=O) groups is 1. The van der Waals surface area contributed by atoms with E-state index in [1.54, 1.807) is 0 Å². The second kappa shape index (κ2) is 6.08.